The van der Waals surface area contributed by atoms with Gasteiger partial charge in [0.15, 0.2) is 0 Å². The molecule has 2 aromatic heterocycles. The third kappa shape index (κ3) is 4.17. The highest BCUT2D eigenvalue weighted by atomic mass is 32.1. The van der Waals surface area contributed by atoms with Crippen LogP contribution in [0.15, 0.2) is 18.3 Å². The van der Waals surface area contributed by atoms with E-state index in [1.165, 1.54) is 0 Å². The van der Waals surface area contributed by atoms with E-state index in [0.717, 1.165) is 71.2 Å². The average Bonchev–Trinajstić information content (AvgIpc) is 3.07. The lowest BCUT2D eigenvalue weighted by atomic mass is 10.1. The van der Waals surface area contributed by atoms with Crippen LogP contribution in [0.1, 0.15) is 43.8 Å². The van der Waals surface area contributed by atoms with Crippen LogP contribution in [0.4, 0.5) is 5.00 Å². The maximum absolute atomic E-state index is 5.64. The minimum Gasteiger partial charge on any atom is -0.382 e. The Labute approximate surface area is 176 Å². The first kappa shape index (κ1) is 20.3. The minimum atomic E-state index is 0.407. The molecule has 4 rings (SSSR count). The van der Waals surface area contributed by atoms with Gasteiger partial charge in [0.05, 0.1) is 16.1 Å². The number of aromatic nitrogens is 2. The van der Waals surface area contributed by atoms with E-state index in [2.05, 4.69) is 55.2 Å². The molecule has 29 heavy (non-hydrogen) atoms. The fourth-order valence-corrected chi connectivity index (χ4v) is 4.89. The summed E-state index contributed by atoms with van der Waals surface area (Å²) in [5.41, 5.74) is 2.20. The second-order valence-corrected chi connectivity index (χ2v) is 9.06. The van der Waals surface area contributed by atoms with Gasteiger partial charge in [-0.25, -0.2) is 4.98 Å². The van der Waals surface area contributed by atoms with Crippen LogP contribution < -0.4 is 15.9 Å². The van der Waals surface area contributed by atoms with Gasteiger partial charge in [-0.1, -0.05) is 13.8 Å². The summed E-state index contributed by atoms with van der Waals surface area (Å²) >= 11 is 1.75. The van der Waals surface area contributed by atoms with E-state index in [-0.39, 0.29) is 0 Å². The predicted molar refractivity (Wildman–Crippen MR) is 119 cm³/mol. The average molecular weight is 414 g/mol. The summed E-state index contributed by atoms with van der Waals surface area (Å²) < 4.78 is 5.64. The van der Waals surface area contributed by atoms with E-state index in [1.54, 1.807) is 11.3 Å². The van der Waals surface area contributed by atoms with E-state index < -0.39 is 0 Å². The number of nitrogens with zero attached hydrogens (tertiary/aromatic N) is 4. The van der Waals surface area contributed by atoms with Crippen molar-refractivity contribution in [2.75, 3.05) is 45.2 Å². The molecular formula is C22H31N5OS. The molecule has 0 bridgehead atoms. The maximum atomic E-state index is 5.64. The molecule has 1 unspecified atom stereocenters. The van der Waals surface area contributed by atoms with Crippen LogP contribution in [0.5, 0.6) is 0 Å². The van der Waals surface area contributed by atoms with Gasteiger partial charge in [-0.15, -0.1) is 11.3 Å². The third-order valence-corrected chi connectivity index (χ3v) is 6.96. The number of anilines is 1. The number of thiazole rings is 1. The molecule has 0 radical (unpaired) electrons. The molecule has 2 aromatic rings. The van der Waals surface area contributed by atoms with Crippen molar-refractivity contribution in [2.24, 2.45) is 0 Å². The summed E-state index contributed by atoms with van der Waals surface area (Å²) in [6.07, 6.45) is 4.99. The van der Waals surface area contributed by atoms with E-state index in [9.17, 15) is 0 Å². The van der Waals surface area contributed by atoms with Crippen molar-refractivity contribution in [3.05, 3.63) is 39.6 Å². The van der Waals surface area contributed by atoms with Crippen LogP contribution in [-0.2, 0) is 4.74 Å². The van der Waals surface area contributed by atoms with Crippen molar-refractivity contribution in [3.63, 3.8) is 0 Å². The number of hydrogen-bond acceptors (Lipinski definition) is 7. The molecule has 1 saturated heterocycles. The maximum Gasteiger partial charge on any atom is 0.124 e. The first-order chi connectivity index (χ1) is 14.1. The van der Waals surface area contributed by atoms with E-state index in [0.29, 0.717) is 12.0 Å². The van der Waals surface area contributed by atoms with E-state index in [1.807, 2.05) is 12.3 Å². The molecule has 2 aliphatic rings. The van der Waals surface area contributed by atoms with E-state index >= 15 is 0 Å². The van der Waals surface area contributed by atoms with Crippen LogP contribution >= 0.6 is 11.3 Å². The number of fused-ring (bicyclic) bond motifs is 2. The van der Waals surface area contributed by atoms with E-state index in [4.69, 9.17) is 14.7 Å². The molecule has 2 aliphatic heterocycles. The quantitative estimate of drug-likeness (QED) is 0.732. The molecule has 0 aromatic carbocycles. The standard InChI is InChI=1S/C22H31N5OS/c1-5-28-12-8-17-14-27(11-10-26(17)4)20-18-16(7-6-9-23-18)13-24-22-19(20)25-21(29-22)15(2)3/h6-7,9,13,15,17,24H,5,8,10-12,14H2,1-4H3. The summed E-state index contributed by atoms with van der Waals surface area (Å²) in [6, 6.07) is 4.58. The first-order valence-electron chi connectivity index (χ1n) is 10.5. The number of likely N-dealkylation sites (N-methyl/N-ethyl adjacent to an activating group) is 1. The third-order valence-electron chi connectivity index (χ3n) is 5.68. The molecule has 0 amide bonds. The molecule has 1 atom stereocenters. The Morgan fingerprint density at radius 2 is 2.21 bits per heavy atom. The SMILES string of the molecule is CCOCCC1CN(C2=c3ncccc3=CNc3sc(C(C)C)nc32)CCN1C. The van der Waals surface area contributed by atoms with Gasteiger partial charge in [0.25, 0.3) is 0 Å². The Hall–Kier alpha value is -1.96. The molecule has 0 spiro atoms. The van der Waals surface area contributed by atoms with Crippen LogP contribution in [0.3, 0.4) is 0 Å². The van der Waals surface area contributed by atoms with Crippen molar-refractivity contribution >= 4 is 28.2 Å². The van der Waals surface area contributed by atoms with Gasteiger partial charge in [-0.05, 0) is 32.5 Å². The van der Waals surface area contributed by atoms with Gasteiger partial charge in [0.1, 0.15) is 10.7 Å². The number of rotatable bonds is 6. The predicted octanol–water partition coefficient (Wildman–Crippen LogP) is 2.02. The fraction of sp³-hybridized carbons (Fsp3) is 0.545. The molecule has 4 heterocycles. The highest BCUT2D eigenvalue weighted by molar-refractivity contribution is 7.16. The normalized spacial score (nSPS) is 19.4. The lowest BCUT2D eigenvalue weighted by Crippen LogP contribution is -2.52. The smallest absolute Gasteiger partial charge is 0.124 e. The summed E-state index contributed by atoms with van der Waals surface area (Å²) in [5, 5.41) is 7.91. The molecule has 0 saturated carbocycles. The zero-order valence-corrected chi connectivity index (χ0v) is 18.6. The van der Waals surface area contributed by atoms with Gasteiger partial charge >= 0.3 is 0 Å². The fourth-order valence-electron chi connectivity index (χ4n) is 3.95. The summed E-state index contributed by atoms with van der Waals surface area (Å²) in [4.78, 5) is 14.8. The number of piperazine rings is 1. The van der Waals surface area contributed by atoms with Crippen molar-refractivity contribution < 1.29 is 4.74 Å². The van der Waals surface area contributed by atoms with Gasteiger partial charge < -0.3 is 15.0 Å². The van der Waals surface area contributed by atoms with Crippen LogP contribution in [0, 0.1) is 0 Å². The van der Waals surface area contributed by atoms with Crippen molar-refractivity contribution in [2.45, 2.75) is 39.2 Å². The van der Waals surface area contributed by atoms with Crippen molar-refractivity contribution in [1.29, 1.82) is 0 Å². The molecular weight excluding hydrogens is 382 g/mol. The van der Waals surface area contributed by atoms with Gasteiger partial charge in [0.2, 0.25) is 0 Å². The number of hydrogen-bond donors (Lipinski definition) is 1. The highest BCUT2D eigenvalue weighted by Crippen LogP contribution is 2.35. The highest BCUT2D eigenvalue weighted by Gasteiger charge is 2.30. The Bertz CT molecular complexity index is 970. The molecule has 156 valence electrons. The number of ether oxygens (including phenoxy) is 1. The van der Waals surface area contributed by atoms with Crippen molar-refractivity contribution in [1.82, 2.24) is 19.8 Å². The second-order valence-electron chi connectivity index (χ2n) is 8.03. The molecule has 6 nitrogen and oxygen atoms in total. The minimum absolute atomic E-state index is 0.407. The number of pyridine rings is 1. The summed E-state index contributed by atoms with van der Waals surface area (Å²) in [5.74, 6) is 0.407. The first-order valence-corrected chi connectivity index (χ1v) is 11.4. The Morgan fingerprint density at radius 1 is 1.34 bits per heavy atom. The molecule has 0 aliphatic carbocycles. The lowest BCUT2D eigenvalue weighted by Gasteiger charge is -2.41. The summed E-state index contributed by atoms with van der Waals surface area (Å²) in [7, 11) is 2.22. The molecule has 1 N–H and O–H groups in total. The molecule has 7 heteroatoms. The number of nitrogens with one attached hydrogen (secondary N) is 1. The monoisotopic (exact) mass is 413 g/mol. The van der Waals surface area contributed by atoms with Crippen LogP contribution in [0.2, 0.25) is 0 Å². The van der Waals surface area contributed by atoms with Crippen LogP contribution in [-0.4, -0.2) is 65.7 Å². The largest absolute Gasteiger partial charge is 0.382 e. The van der Waals surface area contributed by atoms with Crippen LogP contribution in [0.25, 0.3) is 11.9 Å². The second kappa shape index (κ2) is 8.81. The lowest BCUT2D eigenvalue weighted by molar-refractivity contribution is 0.0812. The van der Waals surface area contributed by atoms with Gasteiger partial charge in [0, 0.05) is 62.4 Å². The van der Waals surface area contributed by atoms with Crippen molar-refractivity contribution in [3.8, 4) is 0 Å². The topological polar surface area (TPSA) is 53.5 Å². The Kier molecular flexibility index (Phi) is 6.18. The Balaban J connectivity index is 1.76. The van der Waals surface area contributed by atoms with Gasteiger partial charge in [-0.3, -0.25) is 9.88 Å². The molecule has 1 fully saturated rings. The Morgan fingerprint density at radius 3 is 3.00 bits per heavy atom. The zero-order chi connectivity index (χ0) is 20.4. The summed E-state index contributed by atoms with van der Waals surface area (Å²) in [6.45, 7) is 11.0. The van der Waals surface area contributed by atoms with Gasteiger partial charge in [-0.2, -0.15) is 0 Å². The zero-order valence-electron chi connectivity index (χ0n) is 17.8.